The largest absolute Gasteiger partial charge is 0.455 e. The van der Waals surface area contributed by atoms with Gasteiger partial charge in [0.2, 0.25) is 5.95 Å². The van der Waals surface area contributed by atoms with Crippen molar-refractivity contribution in [1.29, 1.82) is 0 Å². The van der Waals surface area contributed by atoms with Gasteiger partial charge in [-0.05, 0) is 20.6 Å². The van der Waals surface area contributed by atoms with Gasteiger partial charge in [-0.2, -0.15) is 4.68 Å². The van der Waals surface area contributed by atoms with Crippen LogP contribution in [0.15, 0.2) is 11.4 Å². The van der Waals surface area contributed by atoms with Gasteiger partial charge in [0.05, 0.1) is 0 Å². The molecule has 12 heteroatoms. The molecule has 80 valence electrons. The fraction of sp³-hybridized carbons (Fsp3) is 0. The van der Waals surface area contributed by atoms with Gasteiger partial charge < -0.3 is 10.1 Å². The summed E-state index contributed by atoms with van der Waals surface area (Å²) in [5.41, 5.74) is 8.12. The van der Waals surface area contributed by atoms with Crippen molar-refractivity contribution in [1.82, 2.24) is 29.9 Å². The molecular formula is C4H2N10O2. The number of hydrogen-bond acceptors (Lipinski definition) is 7. The van der Waals surface area contributed by atoms with Crippen molar-refractivity contribution in [3.8, 4) is 5.95 Å². The summed E-state index contributed by atoms with van der Waals surface area (Å²) in [5.74, 6) is -0.718. The Balaban J connectivity index is 2.35. The Bertz CT molecular complexity index is 537. The Morgan fingerprint density at radius 2 is 2.50 bits per heavy atom. The fourth-order valence-electron chi connectivity index (χ4n) is 0.865. The zero-order valence-electron chi connectivity index (χ0n) is 7.42. The quantitative estimate of drug-likeness (QED) is 0.256. The summed E-state index contributed by atoms with van der Waals surface area (Å²) in [6.07, 6.45) is 1.16. The minimum Gasteiger partial charge on any atom is -0.390 e. The number of H-pyrrole nitrogens is 1. The first kappa shape index (κ1) is 9.54. The van der Waals surface area contributed by atoms with E-state index in [-0.39, 0.29) is 11.9 Å². The summed E-state index contributed by atoms with van der Waals surface area (Å²) in [4.78, 5) is 19.2. The smallest absolute Gasteiger partial charge is 0.390 e. The first-order valence-electron chi connectivity index (χ1n) is 3.74. The van der Waals surface area contributed by atoms with Crippen LogP contribution in [0.25, 0.3) is 16.4 Å². The van der Waals surface area contributed by atoms with E-state index < -0.39 is 10.9 Å². The van der Waals surface area contributed by atoms with Crippen LogP contribution in [0.4, 0.5) is 11.9 Å². The predicted molar refractivity (Wildman–Crippen MR) is 46.8 cm³/mol. The molecule has 16 heavy (non-hydrogen) atoms. The SMILES string of the molecule is [N-]=[N+]=Nc1ncn(-c2n[nH]c([N+](=O)[O-])n2)n1. The third-order valence-electron chi connectivity index (χ3n) is 1.45. The van der Waals surface area contributed by atoms with Crippen LogP contribution in [-0.4, -0.2) is 34.9 Å². The number of nitro groups is 1. The first-order valence-corrected chi connectivity index (χ1v) is 3.74. The van der Waals surface area contributed by atoms with E-state index in [1.54, 1.807) is 0 Å². The highest BCUT2D eigenvalue weighted by molar-refractivity contribution is 5.17. The maximum absolute atomic E-state index is 10.3. The summed E-state index contributed by atoms with van der Waals surface area (Å²) in [5, 5.41) is 22.7. The van der Waals surface area contributed by atoms with Crippen molar-refractivity contribution in [2.45, 2.75) is 0 Å². The zero-order valence-corrected chi connectivity index (χ0v) is 7.42. The van der Waals surface area contributed by atoms with Crippen molar-refractivity contribution in [3.05, 3.63) is 26.9 Å². The van der Waals surface area contributed by atoms with Crippen LogP contribution in [0.2, 0.25) is 0 Å². The van der Waals surface area contributed by atoms with Crippen LogP contribution in [0.1, 0.15) is 0 Å². The summed E-state index contributed by atoms with van der Waals surface area (Å²) in [6.45, 7) is 0. The Morgan fingerprint density at radius 3 is 3.12 bits per heavy atom. The molecule has 0 saturated heterocycles. The zero-order chi connectivity index (χ0) is 11.5. The number of nitrogens with zero attached hydrogens (tertiary/aromatic N) is 9. The van der Waals surface area contributed by atoms with Crippen molar-refractivity contribution < 1.29 is 4.92 Å². The third kappa shape index (κ3) is 1.62. The molecule has 0 spiro atoms. The number of azide groups is 1. The van der Waals surface area contributed by atoms with Crippen LogP contribution >= 0.6 is 0 Å². The lowest BCUT2D eigenvalue weighted by Gasteiger charge is -1.85. The lowest BCUT2D eigenvalue weighted by molar-refractivity contribution is -0.394. The Kier molecular flexibility index (Phi) is 2.16. The van der Waals surface area contributed by atoms with E-state index in [0.717, 1.165) is 11.0 Å². The highest BCUT2D eigenvalue weighted by Gasteiger charge is 2.16. The molecule has 0 aliphatic heterocycles. The van der Waals surface area contributed by atoms with E-state index in [1.165, 1.54) is 0 Å². The second-order valence-electron chi connectivity index (χ2n) is 2.39. The molecule has 12 nitrogen and oxygen atoms in total. The van der Waals surface area contributed by atoms with Gasteiger partial charge in [-0.25, -0.2) is 4.98 Å². The fourth-order valence-corrected chi connectivity index (χ4v) is 0.865. The van der Waals surface area contributed by atoms with Crippen LogP contribution < -0.4 is 0 Å². The number of hydrogen-bond donors (Lipinski definition) is 1. The predicted octanol–water partition coefficient (Wildman–Crippen LogP) is 0.235. The van der Waals surface area contributed by atoms with Gasteiger partial charge in [-0.3, -0.25) is 0 Å². The summed E-state index contributed by atoms with van der Waals surface area (Å²) >= 11 is 0. The van der Waals surface area contributed by atoms with Crippen molar-refractivity contribution in [2.75, 3.05) is 0 Å². The average molecular weight is 222 g/mol. The van der Waals surface area contributed by atoms with E-state index in [4.69, 9.17) is 5.53 Å². The molecule has 0 radical (unpaired) electrons. The molecule has 0 aromatic carbocycles. The van der Waals surface area contributed by atoms with Crippen LogP contribution in [0.5, 0.6) is 0 Å². The van der Waals surface area contributed by atoms with E-state index in [2.05, 4.69) is 35.3 Å². The van der Waals surface area contributed by atoms with Gasteiger partial charge in [0.15, 0.2) is 0 Å². The average Bonchev–Trinajstić information content (AvgIpc) is 2.84. The van der Waals surface area contributed by atoms with Crippen LogP contribution in [0.3, 0.4) is 0 Å². The lowest BCUT2D eigenvalue weighted by atomic mass is 11.0. The standard InChI is InChI=1S/C4H2N10O2/c5-12-8-2-6-1-13(11-2)3-7-4(10-9-3)14(15)16/h1H,(H,7,9,10). The molecule has 0 fully saturated rings. The van der Waals surface area contributed by atoms with Gasteiger partial charge in [0, 0.05) is 4.91 Å². The van der Waals surface area contributed by atoms with E-state index in [1.807, 2.05) is 0 Å². The molecule has 0 atom stereocenters. The molecule has 2 heterocycles. The summed E-state index contributed by atoms with van der Waals surface area (Å²) < 4.78 is 1.04. The second kappa shape index (κ2) is 3.62. The monoisotopic (exact) mass is 222 g/mol. The van der Waals surface area contributed by atoms with Crippen LogP contribution in [-0.2, 0) is 0 Å². The number of nitrogens with one attached hydrogen (secondary N) is 1. The number of aromatic amines is 1. The minimum absolute atomic E-state index is 0.0708. The molecule has 2 aromatic rings. The molecule has 0 bridgehead atoms. The first-order chi connectivity index (χ1) is 7.70. The minimum atomic E-state index is -0.734. The molecule has 0 aliphatic carbocycles. The number of aromatic nitrogens is 6. The highest BCUT2D eigenvalue weighted by Crippen LogP contribution is 2.08. The van der Waals surface area contributed by atoms with Crippen molar-refractivity contribution in [3.63, 3.8) is 0 Å². The maximum atomic E-state index is 10.3. The normalized spacial score (nSPS) is 9.75. The van der Waals surface area contributed by atoms with Crippen LogP contribution in [0, 0.1) is 10.1 Å². The van der Waals surface area contributed by atoms with Gasteiger partial charge in [0.1, 0.15) is 6.33 Å². The molecule has 0 unspecified atom stereocenters. The Morgan fingerprint density at radius 1 is 1.69 bits per heavy atom. The topological polar surface area (TPSA) is 164 Å². The molecule has 0 saturated carbocycles. The van der Waals surface area contributed by atoms with Crippen molar-refractivity contribution >= 4 is 11.9 Å². The summed E-state index contributed by atoms with van der Waals surface area (Å²) in [6, 6.07) is 0. The van der Waals surface area contributed by atoms with Crippen molar-refractivity contribution in [2.24, 2.45) is 5.11 Å². The molecule has 1 N–H and O–H groups in total. The molecule has 0 aliphatic rings. The Labute approximate surface area is 85.7 Å². The number of rotatable bonds is 3. The van der Waals surface area contributed by atoms with Gasteiger partial charge in [-0.1, -0.05) is 5.10 Å². The molecule has 2 aromatic heterocycles. The summed E-state index contributed by atoms with van der Waals surface area (Å²) in [7, 11) is 0. The molecule has 0 amide bonds. The van der Waals surface area contributed by atoms with E-state index >= 15 is 0 Å². The third-order valence-corrected chi connectivity index (χ3v) is 1.45. The molecule has 2 rings (SSSR count). The van der Waals surface area contributed by atoms with Gasteiger partial charge in [-0.15, -0.1) is 10.2 Å². The highest BCUT2D eigenvalue weighted by atomic mass is 16.6. The van der Waals surface area contributed by atoms with E-state index in [9.17, 15) is 10.1 Å². The lowest BCUT2D eigenvalue weighted by Crippen LogP contribution is -1.97. The molecular weight excluding hydrogens is 220 g/mol. The van der Waals surface area contributed by atoms with E-state index in [0.29, 0.717) is 0 Å². The van der Waals surface area contributed by atoms with Gasteiger partial charge in [0.25, 0.3) is 0 Å². The maximum Gasteiger partial charge on any atom is 0.455 e. The Hall–Kier alpha value is -3.01. The second-order valence-corrected chi connectivity index (χ2v) is 2.39. The van der Waals surface area contributed by atoms with Gasteiger partial charge >= 0.3 is 11.9 Å².